The lowest BCUT2D eigenvalue weighted by Gasteiger charge is -2.12. The van der Waals surface area contributed by atoms with Gasteiger partial charge in [0.2, 0.25) is 0 Å². The number of ether oxygens (including phenoxy) is 1. The van der Waals surface area contributed by atoms with Crippen molar-refractivity contribution in [2.75, 3.05) is 7.11 Å². The second-order valence-corrected chi connectivity index (χ2v) is 6.89. The topological polar surface area (TPSA) is 88.1 Å². The average molecular weight is 416 g/mol. The van der Waals surface area contributed by atoms with Crippen LogP contribution in [0.25, 0.3) is 16.9 Å². The molecule has 0 radical (unpaired) electrons. The molecule has 0 saturated heterocycles. The van der Waals surface area contributed by atoms with Gasteiger partial charge in [0.25, 0.3) is 5.56 Å². The maximum absolute atomic E-state index is 13.2. The Hall–Kier alpha value is -4.20. The van der Waals surface area contributed by atoms with Gasteiger partial charge in [0.1, 0.15) is 0 Å². The number of aromatic nitrogens is 4. The normalized spacial score (nSPS) is 10.9. The van der Waals surface area contributed by atoms with Crippen molar-refractivity contribution in [3.8, 4) is 5.69 Å². The van der Waals surface area contributed by atoms with Crippen molar-refractivity contribution >= 4 is 17.1 Å². The molecule has 0 atom stereocenters. The molecule has 4 rings (SSSR count). The molecule has 0 aliphatic carbocycles. The van der Waals surface area contributed by atoms with Crippen molar-refractivity contribution in [3.05, 3.63) is 106 Å². The maximum Gasteiger partial charge on any atom is 0.337 e. The number of hydrogen-bond acceptors (Lipinski definition) is 5. The fourth-order valence-corrected chi connectivity index (χ4v) is 3.46. The number of esters is 1. The van der Waals surface area contributed by atoms with E-state index in [-0.39, 0.29) is 12.2 Å². The Kier molecular flexibility index (Phi) is 5.36. The SMILES string of the molecule is C=CCn1c(=O)c2c(ncn2Cc2ccc(C(=O)OC)cc2)n(-c2ccccc2)c1=O. The summed E-state index contributed by atoms with van der Waals surface area (Å²) in [6.45, 7) is 4.08. The zero-order valence-corrected chi connectivity index (χ0v) is 16.9. The number of benzene rings is 2. The highest BCUT2D eigenvalue weighted by Crippen LogP contribution is 2.15. The molecule has 0 amide bonds. The van der Waals surface area contributed by atoms with Crippen LogP contribution in [0.15, 0.2) is 83.2 Å². The molecule has 31 heavy (non-hydrogen) atoms. The molecule has 0 aliphatic rings. The van der Waals surface area contributed by atoms with Crippen LogP contribution in [-0.2, 0) is 17.8 Å². The van der Waals surface area contributed by atoms with Crippen molar-refractivity contribution in [1.29, 1.82) is 0 Å². The van der Waals surface area contributed by atoms with E-state index in [0.717, 1.165) is 10.1 Å². The Morgan fingerprint density at radius 2 is 1.81 bits per heavy atom. The summed E-state index contributed by atoms with van der Waals surface area (Å²) in [4.78, 5) is 42.3. The van der Waals surface area contributed by atoms with Gasteiger partial charge in [-0.25, -0.2) is 19.1 Å². The summed E-state index contributed by atoms with van der Waals surface area (Å²) in [5.74, 6) is -0.418. The summed E-state index contributed by atoms with van der Waals surface area (Å²) >= 11 is 0. The minimum absolute atomic E-state index is 0.0828. The molecule has 2 heterocycles. The first-order valence-corrected chi connectivity index (χ1v) is 9.59. The minimum Gasteiger partial charge on any atom is -0.465 e. The predicted octanol–water partition coefficient (Wildman–Crippen LogP) is 2.37. The third kappa shape index (κ3) is 3.59. The second kappa shape index (κ2) is 8.27. The first kappa shape index (κ1) is 20.1. The number of allylic oxidation sites excluding steroid dienone is 1. The number of carbonyl (C=O) groups excluding carboxylic acids is 1. The summed E-state index contributed by atoms with van der Waals surface area (Å²) < 4.78 is 8.98. The number of imidazole rings is 1. The van der Waals surface area contributed by atoms with Crippen LogP contribution in [0.5, 0.6) is 0 Å². The van der Waals surface area contributed by atoms with E-state index in [9.17, 15) is 14.4 Å². The number of nitrogens with zero attached hydrogens (tertiary/aromatic N) is 4. The lowest BCUT2D eigenvalue weighted by Crippen LogP contribution is -2.39. The van der Waals surface area contributed by atoms with Gasteiger partial charge in [-0.15, -0.1) is 6.58 Å². The van der Waals surface area contributed by atoms with Crippen molar-refractivity contribution < 1.29 is 9.53 Å². The van der Waals surface area contributed by atoms with Gasteiger partial charge in [-0.2, -0.15) is 0 Å². The van der Waals surface area contributed by atoms with Crippen LogP contribution >= 0.6 is 0 Å². The summed E-state index contributed by atoms with van der Waals surface area (Å²) in [6.07, 6.45) is 3.05. The third-order valence-electron chi connectivity index (χ3n) is 4.95. The van der Waals surface area contributed by atoms with Gasteiger partial charge in [0, 0.05) is 13.1 Å². The highest BCUT2D eigenvalue weighted by molar-refractivity contribution is 5.89. The number of methoxy groups -OCH3 is 1. The molecule has 0 N–H and O–H groups in total. The third-order valence-corrected chi connectivity index (χ3v) is 4.95. The number of para-hydroxylation sites is 1. The summed E-state index contributed by atoms with van der Waals surface area (Å²) in [6, 6.07) is 15.9. The first-order valence-electron chi connectivity index (χ1n) is 9.59. The summed E-state index contributed by atoms with van der Waals surface area (Å²) in [5, 5.41) is 0. The average Bonchev–Trinajstić information content (AvgIpc) is 3.20. The van der Waals surface area contributed by atoms with E-state index in [4.69, 9.17) is 4.74 Å². The molecule has 0 fully saturated rings. The van der Waals surface area contributed by atoms with Crippen LogP contribution in [0.2, 0.25) is 0 Å². The predicted molar refractivity (Wildman–Crippen MR) is 117 cm³/mol. The number of rotatable bonds is 6. The van der Waals surface area contributed by atoms with Gasteiger partial charge < -0.3 is 9.30 Å². The molecule has 0 aliphatic heterocycles. The van der Waals surface area contributed by atoms with Crippen LogP contribution in [0, 0.1) is 0 Å². The van der Waals surface area contributed by atoms with Crippen LogP contribution in [0.1, 0.15) is 15.9 Å². The van der Waals surface area contributed by atoms with Gasteiger partial charge in [-0.1, -0.05) is 36.4 Å². The van der Waals surface area contributed by atoms with Crippen molar-refractivity contribution in [2.45, 2.75) is 13.1 Å². The van der Waals surface area contributed by atoms with Gasteiger partial charge in [0.05, 0.1) is 24.7 Å². The number of fused-ring (bicyclic) bond motifs is 1. The molecule has 8 nitrogen and oxygen atoms in total. The molecule has 4 aromatic rings. The molecule has 2 aromatic carbocycles. The Morgan fingerprint density at radius 1 is 1.10 bits per heavy atom. The monoisotopic (exact) mass is 416 g/mol. The lowest BCUT2D eigenvalue weighted by molar-refractivity contribution is 0.0600. The van der Waals surface area contributed by atoms with E-state index >= 15 is 0 Å². The van der Waals surface area contributed by atoms with Gasteiger partial charge >= 0.3 is 11.7 Å². The molecule has 0 bridgehead atoms. The molecular weight excluding hydrogens is 396 g/mol. The first-order chi connectivity index (χ1) is 15.0. The highest BCUT2D eigenvalue weighted by atomic mass is 16.5. The molecule has 156 valence electrons. The second-order valence-electron chi connectivity index (χ2n) is 6.89. The zero-order chi connectivity index (χ0) is 22.0. The fraction of sp³-hybridized carbons (Fsp3) is 0.130. The summed E-state index contributed by atoms with van der Waals surface area (Å²) in [7, 11) is 1.33. The number of carbonyl (C=O) groups is 1. The minimum atomic E-state index is -0.476. The standard InChI is InChI=1S/C23H20N4O4/c1-3-13-26-21(28)19-20(27(23(26)30)18-7-5-4-6-8-18)24-15-25(19)14-16-9-11-17(12-10-16)22(29)31-2/h3-12,15H,1,13-14H2,2H3. The fourth-order valence-electron chi connectivity index (χ4n) is 3.46. The van der Waals surface area contributed by atoms with Gasteiger partial charge in [0.15, 0.2) is 11.2 Å². The Bertz CT molecular complexity index is 1380. The molecule has 0 unspecified atom stereocenters. The molecule has 8 heteroatoms. The van der Waals surface area contributed by atoms with Crippen molar-refractivity contribution in [2.24, 2.45) is 0 Å². The van der Waals surface area contributed by atoms with Gasteiger partial charge in [-0.3, -0.25) is 9.36 Å². The largest absolute Gasteiger partial charge is 0.465 e. The van der Waals surface area contributed by atoms with E-state index in [1.165, 1.54) is 24.1 Å². The quantitative estimate of drug-likeness (QED) is 0.356. The molecule has 2 aromatic heterocycles. The molecule has 0 spiro atoms. The van der Waals surface area contributed by atoms with E-state index in [2.05, 4.69) is 11.6 Å². The molecular formula is C23H20N4O4. The van der Waals surface area contributed by atoms with E-state index in [1.807, 2.05) is 18.2 Å². The highest BCUT2D eigenvalue weighted by Gasteiger charge is 2.19. The molecule has 0 saturated carbocycles. The van der Waals surface area contributed by atoms with Crippen LogP contribution in [0.4, 0.5) is 0 Å². The van der Waals surface area contributed by atoms with Crippen molar-refractivity contribution in [1.82, 2.24) is 18.7 Å². The summed E-state index contributed by atoms with van der Waals surface area (Å²) in [5.41, 5.74) is 1.59. The van der Waals surface area contributed by atoms with Crippen LogP contribution in [0.3, 0.4) is 0 Å². The van der Waals surface area contributed by atoms with Crippen molar-refractivity contribution in [3.63, 3.8) is 0 Å². The zero-order valence-electron chi connectivity index (χ0n) is 16.9. The number of hydrogen-bond donors (Lipinski definition) is 0. The van der Waals surface area contributed by atoms with Crippen LogP contribution < -0.4 is 11.2 Å². The van der Waals surface area contributed by atoms with Crippen LogP contribution in [-0.4, -0.2) is 31.8 Å². The Labute approximate surface area is 177 Å². The van der Waals surface area contributed by atoms with E-state index in [0.29, 0.717) is 23.3 Å². The maximum atomic E-state index is 13.2. The van der Waals surface area contributed by atoms with E-state index in [1.54, 1.807) is 41.0 Å². The lowest BCUT2D eigenvalue weighted by atomic mass is 10.1. The van der Waals surface area contributed by atoms with Gasteiger partial charge in [-0.05, 0) is 29.8 Å². The Balaban J connectivity index is 1.88. The Morgan fingerprint density at radius 3 is 2.45 bits per heavy atom. The smallest absolute Gasteiger partial charge is 0.337 e. The van der Waals surface area contributed by atoms with E-state index < -0.39 is 17.2 Å².